The molecule has 0 N–H and O–H groups in total. The van der Waals surface area contributed by atoms with Gasteiger partial charge in [0.1, 0.15) is 0 Å². The minimum Gasteiger partial charge on any atom is -0.375 e. The lowest BCUT2D eigenvalue weighted by atomic mass is 9.60. The van der Waals surface area contributed by atoms with Gasteiger partial charge in [-0.05, 0) is 20.0 Å². The van der Waals surface area contributed by atoms with E-state index >= 15 is 0 Å². The largest absolute Gasteiger partial charge is 0.375 e. The summed E-state index contributed by atoms with van der Waals surface area (Å²) >= 11 is 0. The van der Waals surface area contributed by atoms with Crippen LogP contribution in [-0.2, 0) is 0 Å². The molecule has 1 fully saturated rings. The Kier molecular flexibility index (Phi) is 2.76. The highest BCUT2D eigenvalue weighted by atomic mass is 15.3. The maximum atomic E-state index is 9.67. The lowest BCUT2D eigenvalue weighted by Crippen LogP contribution is -2.64. The predicted molar refractivity (Wildman–Crippen MR) is 69.1 cm³/mol. The van der Waals surface area contributed by atoms with Crippen LogP contribution in [0.15, 0.2) is 11.8 Å². The molecular weight excluding hydrogens is 252 g/mol. The molecule has 2 rings (SSSR count). The van der Waals surface area contributed by atoms with Crippen molar-refractivity contribution in [3.8, 4) is 24.3 Å². The van der Waals surface area contributed by atoms with Crippen molar-refractivity contribution in [1.82, 2.24) is 9.80 Å². The minimum atomic E-state index is -1.76. The number of rotatable bonds is 0. The third kappa shape index (κ3) is 1.13. The second-order valence-corrected chi connectivity index (χ2v) is 5.45. The van der Waals surface area contributed by atoms with Crippen molar-refractivity contribution in [2.45, 2.75) is 12.5 Å². The van der Waals surface area contributed by atoms with Crippen LogP contribution in [0.3, 0.4) is 0 Å². The quantitative estimate of drug-likeness (QED) is 0.635. The van der Waals surface area contributed by atoms with Crippen LogP contribution >= 0.6 is 0 Å². The Labute approximate surface area is 118 Å². The molecule has 0 aromatic carbocycles. The number of piperazine rings is 1. The molecule has 0 saturated carbocycles. The lowest BCUT2D eigenvalue weighted by molar-refractivity contribution is 0.0294. The molecule has 0 radical (unpaired) electrons. The molecular formula is C14H14N6. The van der Waals surface area contributed by atoms with Gasteiger partial charge >= 0.3 is 0 Å². The molecule has 1 aliphatic carbocycles. The van der Waals surface area contributed by atoms with Gasteiger partial charge in [0.15, 0.2) is 5.41 Å². The zero-order valence-electron chi connectivity index (χ0n) is 11.7. The predicted octanol–water partition coefficient (Wildman–Crippen LogP) is 0.587. The summed E-state index contributed by atoms with van der Waals surface area (Å²) in [7, 11) is 3.66. The van der Waals surface area contributed by atoms with E-state index in [0.29, 0.717) is 12.2 Å². The average Bonchev–Trinajstić information content (AvgIpc) is 2.71. The van der Waals surface area contributed by atoms with Crippen molar-refractivity contribution in [2.75, 3.05) is 27.2 Å². The number of nitriles is 4. The third-order valence-electron chi connectivity index (χ3n) is 4.81. The minimum absolute atomic E-state index is 0.655. The molecule has 1 atom stereocenters. The molecule has 6 nitrogen and oxygen atoms in total. The Hall–Kier alpha value is -2.54. The summed E-state index contributed by atoms with van der Waals surface area (Å²) in [5.41, 5.74) is -3.79. The summed E-state index contributed by atoms with van der Waals surface area (Å²) in [6.45, 7) is 3.14. The van der Waals surface area contributed by atoms with E-state index in [1.54, 1.807) is 6.92 Å². The molecule has 2 aliphatic rings. The summed E-state index contributed by atoms with van der Waals surface area (Å²) in [4.78, 5) is 3.81. The maximum absolute atomic E-state index is 9.67. The molecule has 0 bridgehead atoms. The van der Waals surface area contributed by atoms with E-state index in [4.69, 9.17) is 0 Å². The van der Waals surface area contributed by atoms with Crippen LogP contribution in [0.2, 0.25) is 0 Å². The molecule has 1 unspecified atom stereocenters. The van der Waals surface area contributed by atoms with Gasteiger partial charge in [-0.3, -0.25) is 4.90 Å². The zero-order chi connectivity index (χ0) is 15.2. The van der Waals surface area contributed by atoms with Gasteiger partial charge < -0.3 is 4.90 Å². The summed E-state index contributed by atoms with van der Waals surface area (Å²) in [5, 5.41) is 38.3. The molecule has 1 aliphatic heterocycles. The number of hydrogen-bond donors (Lipinski definition) is 0. The van der Waals surface area contributed by atoms with Crippen LogP contribution in [0.1, 0.15) is 6.92 Å². The van der Waals surface area contributed by atoms with Crippen LogP contribution in [-0.4, -0.2) is 42.5 Å². The van der Waals surface area contributed by atoms with Gasteiger partial charge in [0.2, 0.25) is 5.41 Å². The van der Waals surface area contributed by atoms with Crippen LogP contribution < -0.4 is 0 Å². The van der Waals surface area contributed by atoms with E-state index < -0.39 is 16.4 Å². The fourth-order valence-corrected chi connectivity index (χ4v) is 3.31. The van der Waals surface area contributed by atoms with Gasteiger partial charge in [-0.15, -0.1) is 0 Å². The Bertz CT molecular complexity index is 621. The van der Waals surface area contributed by atoms with E-state index in [2.05, 4.69) is 0 Å². The SMILES string of the molecule is CN1CCN(C)C2(C)C1=CC(C#N)(C#N)C2(C#N)C#N. The number of nitrogens with zero attached hydrogens (tertiary/aromatic N) is 6. The fraction of sp³-hybridized carbons (Fsp3) is 0.571. The van der Waals surface area contributed by atoms with E-state index in [9.17, 15) is 21.0 Å². The van der Waals surface area contributed by atoms with Gasteiger partial charge in [-0.1, -0.05) is 0 Å². The molecule has 0 spiro atoms. The van der Waals surface area contributed by atoms with Gasteiger partial charge in [0, 0.05) is 25.8 Å². The Balaban J connectivity index is 2.87. The number of likely N-dealkylation sites (N-methyl/N-ethyl adjacent to an activating group) is 2. The molecule has 0 aromatic heterocycles. The van der Waals surface area contributed by atoms with Crippen LogP contribution in [0.5, 0.6) is 0 Å². The smallest absolute Gasteiger partial charge is 0.202 e. The Morgan fingerprint density at radius 1 is 1.00 bits per heavy atom. The van der Waals surface area contributed by atoms with Crippen molar-refractivity contribution in [3.05, 3.63) is 11.8 Å². The molecule has 1 heterocycles. The first-order valence-corrected chi connectivity index (χ1v) is 6.20. The first-order chi connectivity index (χ1) is 9.39. The van der Waals surface area contributed by atoms with Crippen molar-refractivity contribution in [2.24, 2.45) is 10.8 Å². The highest BCUT2D eigenvalue weighted by molar-refractivity contribution is 5.55. The maximum Gasteiger partial charge on any atom is 0.202 e. The van der Waals surface area contributed by atoms with Gasteiger partial charge in [-0.25, -0.2) is 0 Å². The van der Waals surface area contributed by atoms with Crippen LogP contribution in [0, 0.1) is 56.2 Å². The molecule has 0 aromatic rings. The van der Waals surface area contributed by atoms with Gasteiger partial charge in [0.05, 0.1) is 29.8 Å². The van der Waals surface area contributed by atoms with E-state index in [1.807, 2.05) is 48.2 Å². The Morgan fingerprint density at radius 2 is 1.55 bits per heavy atom. The monoisotopic (exact) mass is 266 g/mol. The summed E-state index contributed by atoms with van der Waals surface area (Å²) in [6.07, 6.45) is 1.50. The van der Waals surface area contributed by atoms with Crippen molar-refractivity contribution < 1.29 is 0 Å². The first-order valence-electron chi connectivity index (χ1n) is 6.20. The van der Waals surface area contributed by atoms with Crippen LogP contribution in [0.4, 0.5) is 0 Å². The van der Waals surface area contributed by atoms with Crippen LogP contribution in [0.25, 0.3) is 0 Å². The first kappa shape index (κ1) is 13.9. The normalized spacial score (nSPS) is 30.1. The topological polar surface area (TPSA) is 102 Å². The zero-order valence-corrected chi connectivity index (χ0v) is 11.7. The Morgan fingerprint density at radius 3 is 2.00 bits per heavy atom. The number of fused-ring (bicyclic) bond motifs is 1. The van der Waals surface area contributed by atoms with Gasteiger partial charge in [0.25, 0.3) is 0 Å². The van der Waals surface area contributed by atoms with E-state index in [1.165, 1.54) is 6.08 Å². The van der Waals surface area contributed by atoms with Crippen molar-refractivity contribution >= 4 is 0 Å². The summed E-state index contributed by atoms with van der Waals surface area (Å²) < 4.78 is 0. The lowest BCUT2D eigenvalue weighted by Gasteiger charge is -2.51. The fourth-order valence-electron chi connectivity index (χ4n) is 3.31. The molecule has 1 saturated heterocycles. The molecule has 100 valence electrons. The summed E-state index contributed by atoms with van der Waals surface area (Å²) in [5.74, 6) is 0. The summed E-state index contributed by atoms with van der Waals surface area (Å²) in [6, 6.07) is 7.78. The second-order valence-electron chi connectivity index (χ2n) is 5.45. The second kappa shape index (κ2) is 3.97. The van der Waals surface area contributed by atoms with Gasteiger partial charge in [-0.2, -0.15) is 21.0 Å². The van der Waals surface area contributed by atoms with E-state index in [-0.39, 0.29) is 0 Å². The standard InChI is InChI=1S/C14H14N6/c1-12-11(19(2)4-5-20(12)3)6-13(7-15,8-16)14(12,9-17)10-18/h6H,4-5H2,1-3H3. The highest BCUT2D eigenvalue weighted by Gasteiger charge is 2.72. The van der Waals surface area contributed by atoms with E-state index in [0.717, 1.165) is 6.54 Å². The molecule has 0 amide bonds. The molecule has 6 heteroatoms. The number of hydrogen-bond acceptors (Lipinski definition) is 6. The average molecular weight is 266 g/mol. The van der Waals surface area contributed by atoms with Crippen molar-refractivity contribution in [3.63, 3.8) is 0 Å². The molecule has 20 heavy (non-hydrogen) atoms. The highest BCUT2D eigenvalue weighted by Crippen LogP contribution is 2.59. The third-order valence-corrected chi connectivity index (χ3v) is 4.81. The van der Waals surface area contributed by atoms with Crippen molar-refractivity contribution in [1.29, 1.82) is 21.0 Å². The number of allylic oxidation sites excluding steroid dienone is 1.